The molecule has 0 fully saturated rings. The number of amides is 1. The molecule has 6 heteroatoms. The largest absolute Gasteiger partial charge is 0.491 e. The fraction of sp³-hybridized carbons (Fsp3) is 0.263. The Balaban J connectivity index is 2.08. The standard InChI is InChI=1S/C19H21NO5/c1-3-24-11-12-25-15-8-6-7-14(13-15)18(21)20-17-10-5-4-9-16(17)19(22)23-2/h4-10,13H,3,11-12H2,1-2H3,(H,20,21). The van der Waals surface area contributed by atoms with Gasteiger partial charge in [-0.05, 0) is 37.3 Å². The molecule has 1 N–H and O–H groups in total. The van der Waals surface area contributed by atoms with Crippen LogP contribution in [0.15, 0.2) is 48.5 Å². The lowest BCUT2D eigenvalue weighted by molar-refractivity contribution is 0.0602. The smallest absolute Gasteiger partial charge is 0.339 e. The van der Waals surface area contributed by atoms with Gasteiger partial charge in [-0.3, -0.25) is 4.79 Å². The summed E-state index contributed by atoms with van der Waals surface area (Å²) in [5.74, 6) is -0.274. The fourth-order valence-corrected chi connectivity index (χ4v) is 2.16. The van der Waals surface area contributed by atoms with Crippen molar-refractivity contribution in [3.8, 4) is 5.75 Å². The highest BCUT2D eigenvalue weighted by Crippen LogP contribution is 2.19. The highest BCUT2D eigenvalue weighted by molar-refractivity contribution is 6.08. The molecule has 0 aliphatic rings. The number of rotatable bonds is 8. The zero-order chi connectivity index (χ0) is 18.1. The van der Waals surface area contributed by atoms with Gasteiger partial charge in [0.2, 0.25) is 0 Å². The molecule has 0 heterocycles. The topological polar surface area (TPSA) is 73.9 Å². The van der Waals surface area contributed by atoms with Crippen molar-refractivity contribution >= 4 is 17.6 Å². The highest BCUT2D eigenvalue weighted by atomic mass is 16.5. The third-order valence-electron chi connectivity index (χ3n) is 3.38. The number of methoxy groups -OCH3 is 1. The summed E-state index contributed by atoms with van der Waals surface area (Å²) < 4.78 is 15.5. The van der Waals surface area contributed by atoms with E-state index in [1.54, 1.807) is 48.5 Å². The van der Waals surface area contributed by atoms with Gasteiger partial charge in [0, 0.05) is 12.2 Å². The number of carbonyl (C=O) groups excluding carboxylic acids is 2. The predicted molar refractivity (Wildman–Crippen MR) is 94.2 cm³/mol. The summed E-state index contributed by atoms with van der Waals surface area (Å²) in [6, 6.07) is 13.5. The van der Waals surface area contributed by atoms with Crippen LogP contribution in [0.2, 0.25) is 0 Å². The molecule has 0 spiro atoms. The molecule has 0 bridgehead atoms. The second-order valence-electron chi connectivity index (χ2n) is 5.06. The van der Waals surface area contributed by atoms with Gasteiger partial charge in [0.05, 0.1) is 25.0 Å². The summed E-state index contributed by atoms with van der Waals surface area (Å²) in [5, 5.41) is 2.73. The Kier molecular flexibility index (Phi) is 6.98. The summed E-state index contributed by atoms with van der Waals surface area (Å²) in [4.78, 5) is 24.2. The van der Waals surface area contributed by atoms with Crippen LogP contribution in [0, 0.1) is 0 Å². The van der Waals surface area contributed by atoms with Crippen molar-refractivity contribution in [2.45, 2.75) is 6.92 Å². The van der Waals surface area contributed by atoms with E-state index in [1.165, 1.54) is 7.11 Å². The third-order valence-corrected chi connectivity index (χ3v) is 3.38. The molecule has 1 amide bonds. The molecule has 2 aromatic carbocycles. The van der Waals surface area contributed by atoms with Gasteiger partial charge in [-0.25, -0.2) is 4.79 Å². The van der Waals surface area contributed by atoms with Crippen molar-refractivity contribution < 1.29 is 23.8 Å². The van der Waals surface area contributed by atoms with Crippen LogP contribution in [0.25, 0.3) is 0 Å². The van der Waals surface area contributed by atoms with Gasteiger partial charge in [0.25, 0.3) is 5.91 Å². The van der Waals surface area contributed by atoms with Gasteiger partial charge in [0.1, 0.15) is 12.4 Å². The number of esters is 1. The molecule has 0 aromatic heterocycles. The Morgan fingerprint density at radius 1 is 1.04 bits per heavy atom. The number of hydrogen-bond acceptors (Lipinski definition) is 5. The van der Waals surface area contributed by atoms with Crippen LogP contribution in [0.5, 0.6) is 5.75 Å². The van der Waals surface area contributed by atoms with Gasteiger partial charge < -0.3 is 19.5 Å². The van der Waals surface area contributed by atoms with E-state index in [2.05, 4.69) is 5.32 Å². The monoisotopic (exact) mass is 343 g/mol. The van der Waals surface area contributed by atoms with Crippen molar-refractivity contribution in [3.63, 3.8) is 0 Å². The molecule has 0 atom stereocenters. The first-order valence-corrected chi connectivity index (χ1v) is 7.95. The van der Waals surface area contributed by atoms with E-state index in [9.17, 15) is 9.59 Å². The van der Waals surface area contributed by atoms with Crippen molar-refractivity contribution in [2.75, 3.05) is 32.2 Å². The molecular weight excluding hydrogens is 322 g/mol. The maximum Gasteiger partial charge on any atom is 0.339 e. The van der Waals surface area contributed by atoms with Crippen LogP contribution in [0.4, 0.5) is 5.69 Å². The molecular formula is C19H21NO5. The molecule has 0 unspecified atom stereocenters. The van der Waals surface area contributed by atoms with Gasteiger partial charge in [-0.2, -0.15) is 0 Å². The lowest BCUT2D eigenvalue weighted by Crippen LogP contribution is -2.15. The second-order valence-corrected chi connectivity index (χ2v) is 5.06. The first-order chi connectivity index (χ1) is 12.2. The molecule has 0 radical (unpaired) electrons. The first-order valence-electron chi connectivity index (χ1n) is 7.95. The van der Waals surface area contributed by atoms with E-state index < -0.39 is 5.97 Å². The van der Waals surface area contributed by atoms with Crippen molar-refractivity contribution in [3.05, 3.63) is 59.7 Å². The Bertz CT molecular complexity index is 729. The van der Waals surface area contributed by atoms with E-state index in [0.29, 0.717) is 42.4 Å². The zero-order valence-corrected chi connectivity index (χ0v) is 14.3. The molecule has 25 heavy (non-hydrogen) atoms. The van der Waals surface area contributed by atoms with Crippen molar-refractivity contribution in [1.29, 1.82) is 0 Å². The molecule has 2 aromatic rings. The molecule has 132 valence electrons. The summed E-state index contributed by atoms with van der Waals surface area (Å²) >= 11 is 0. The van der Waals surface area contributed by atoms with Crippen LogP contribution in [0.3, 0.4) is 0 Å². The van der Waals surface area contributed by atoms with E-state index >= 15 is 0 Å². The summed E-state index contributed by atoms with van der Waals surface area (Å²) in [7, 11) is 1.30. The lowest BCUT2D eigenvalue weighted by atomic mass is 10.1. The van der Waals surface area contributed by atoms with E-state index in [4.69, 9.17) is 14.2 Å². The van der Waals surface area contributed by atoms with Crippen LogP contribution < -0.4 is 10.1 Å². The number of hydrogen-bond donors (Lipinski definition) is 1. The summed E-state index contributed by atoms with van der Waals surface area (Å²) in [6.45, 7) is 3.44. The minimum atomic E-state index is -0.510. The number of para-hydroxylation sites is 1. The molecule has 0 saturated carbocycles. The molecule has 2 rings (SSSR count). The molecule has 6 nitrogen and oxygen atoms in total. The van der Waals surface area contributed by atoms with Gasteiger partial charge in [0.15, 0.2) is 0 Å². The maximum atomic E-state index is 12.5. The van der Waals surface area contributed by atoms with Crippen molar-refractivity contribution in [1.82, 2.24) is 0 Å². The van der Waals surface area contributed by atoms with Crippen LogP contribution in [-0.4, -0.2) is 38.8 Å². The summed E-state index contributed by atoms with van der Waals surface area (Å²) in [6.07, 6.45) is 0. The summed E-state index contributed by atoms with van der Waals surface area (Å²) in [5.41, 5.74) is 1.11. The third kappa shape index (κ3) is 5.32. The predicted octanol–water partition coefficient (Wildman–Crippen LogP) is 3.14. The lowest BCUT2D eigenvalue weighted by Gasteiger charge is -2.11. The SMILES string of the molecule is CCOCCOc1cccc(C(=O)Nc2ccccc2C(=O)OC)c1. The molecule has 0 aliphatic carbocycles. The van der Waals surface area contributed by atoms with Gasteiger partial charge >= 0.3 is 5.97 Å². The van der Waals surface area contributed by atoms with Gasteiger partial charge in [-0.1, -0.05) is 18.2 Å². The Labute approximate surface area is 146 Å². The number of nitrogens with one attached hydrogen (secondary N) is 1. The van der Waals surface area contributed by atoms with Gasteiger partial charge in [-0.15, -0.1) is 0 Å². The number of benzene rings is 2. The van der Waals surface area contributed by atoms with E-state index in [0.717, 1.165) is 0 Å². The fourth-order valence-electron chi connectivity index (χ4n) is 2.16. The maximum absolute atomic E-state index is 12.5. The Hall–Kier alpha value is -2.86. The van der Waals surface area contributed by atoms with E-state index in [-0.39, 0.29) is 5.91 Å². The first kappa shape index (κ1) is 18.5. The average molecular weight is 343 g/mol. The number of carbonyl (C=O) groups is 2. The van der Waals surface area contributed by atoms with Crippen LogP contribution in [-0.2, 0) is 9.47 Å². The van der Waals surface area contributed by atoms with Crippen LogP contribution >= 0.6 is 0 Å². The zero-order valence-electron chi connectivity index (χ0n) is 14.3. The van der Waals surface area contributed by atoms with E-state index in [1.807, 2.05) is 6.92 Å². The second kappa shape index (κ2) is 9.44. The van der Waals surface area contributed by atoms with Crippen LogP contribution in [0.1, 0.15) is 27.6 Å². The Morgan fingerprint density at radius 2 is 1.84 bits per heavy atom. The highest BCUT2D eigenvalue weighted by Gasteiger charge is 2.14. The average Bonchev–Trinajstić information content (AvgIpc) is 2.65. The number of ether oxygens (including phenoxy) is 3. The minimum absolute atomic E-state index is 0.294. The minimum Gasteiger partial charge on any atom is -0.491 e. The quantitative estimate of drug-likeness (QED) is 0.589. The Morgan fingerprint density at radius 3 is 2.60 bits per heavy atom. The molecule has 0 saturated heterocycles. The van der Waals surface area contributed by atoms with Crippen molar-refractivity contribution in [2.24, 2.45) is 0 Å². The number of anilines is 1. The normalized spacial score (nSPS) is 10.2. The molecule has 0 aliphatic heterocycles.